The second-order valence-corrected chi connectivity index (χ2v) is 8.36. The van der Waals surface area contributed by atoms with Gasteiger partial charge in [0.15, 0.2) is 0 Å². The molecule has 0 saturated carbocycles. The number of amides is 2. The molecule has 0 unspecified atom stereocenters. The van der Waals surface area contributed by atoms with Gasteiger partial charge in [0.05, 0.1) is 17.1 Å². The topological polar surface area (TPSA) is 86.9 Å². The quantitative estimate of drug-likeness (QED) is 0.217. The van der Waals surface area contributed by atoms with Crippen LogP contribution in [0.25, 0.3) is 22.2 Å². The standard InChI is InChI=1S/C27H27ClN4O2/c28-18-25(33)29-17-7-6-12-24(26-30-22-10-4-5-11-23(22)31-26)32-27(34)21-15-13-20(14-16-21)19-8-2-1-3-9-19/h1-5,8-11,13-16,24H,6-7,12,17-18H2,(H,29,33)(H,30,31)(H,32,34)/t24-/m0/s1. The summed E-state index contributed by atoms with van der Waals surface area (Å²) < 4.78 is 0. The first kappa shape index (κ1) is 23.5. The van der Waals surface area contributed by atoms with E-state index >= 15 is 0 Å². The van der Waals surface area contributed by atoms with E-state index in [9.17, 15) is 9.59 Å². The predicted molar refractivity (Wildman–Crippen MR) is 136 cm³/mol. The molecule has 0 fully saturated rings. The number of hydrogen-bond donors (Lipinski definition) is 3. The zero-order valence-corrected chi connectivity index (χ0v) is 19.5. The van der Waals surface area contributed by atoms with Gasteiger partial charge in [-0.15, -0.1) is 11.6 Å². The highest BCUT2D eigenvalue weighted by Gasteiger charge is 2.19. The third-order valence-electron chi connectivity index (χ3n) is 5.66. The van der Waals surface area contributed by atoms with Crippen LogP contribution in [0.3, 0.4) is 0 Å². The summed E-state index contributed by atoms with van der Waals surface area (Å²) in [4.78, 5) is 32.5. The van der Waals surface area contributed by atoms with Crippen LogP contribution in [0.1, 0.15) is 41.5 Å². The van der Waals surface area contributed by atoms with Gasteiger partial charge in [-0.05, 0) is 54.7 Å². The second kappa shape index (κ2) is 11.5. The first-order chi connectivity index (χ1) is 16.6. The summed E-state index contributed by atoms with van der Waals surface area (Å²) in [6, 6.07) is 25.2. The summed E-state index contributed by atoms with van der Waals surface area (Å²) in [6.07, 6.45) is 2.27. The van der Waals surface area contributed by atoms with Crippen LogP contribution in [0.2, 0.25) is 0 Å². The number of carbonyl (C=O) groups is 2. The Hall–Kier alpha value is -3.64. The van der Waals surface area contributed by atoms with Crippen molar-refractivity contribution in [3.63, 3.8) is 0 Å². The van der Waals surface area contributed by atoms with Gasteiger partial charge in [0, 0.05) is 12.1 Å². The van der Waals surface area contributed by atoms with Crippen LogP contribution in [0.5, 0.6) is 0 Å². The predicted octanol–water partition coefficient (Wildman–Crippen LogP) is 5.23. The zero-order valence-electron chi connectivity index (χ0n) is 18.8. The number of nitrogens with one attached hydrogen (secondary N) is 3. The molecule has 3 aromatic carbocycles. The van der Waals surface area contributed by atoms with Gasteiger partial charge in [0.2, 0.25) is 5.91 Å². The SMILES string of the molecule is O=C(CCl)NCCCC[C@H](NC(=O)c1ccc(-c2ccccc2)cc1)c1nc2ccccc2[nH]1. The normalized spacial score (nSPS) is 11.8. The molecular formula is C27H27ClN4O2. The van der Waals surface area contributed by atoms with Gasteiger partial charge in [0.1, 0.15) is 11.7 Å². The number of benzene rings is 3. The molecular weight excluding hydrogens is 448 g/mol. The largest absolute Gasteiger partial charge is 0.355 e. The number of aromatic amines is 1. The molecule has 6 nitrogen and oxygen atoms in total. The lowest BCUT2D eigenvalue weighted by Gasteiger charge is -2.17. The van der Waals surface area contributed by atoms with Crippen molar-refractivity contribution in [1.82, 2.24) is 20.6 Å². The summed E-state index contributed by atoms with van der Waals surface area (Å²) in [6.45, 7) is 0.549. The molecule has 3 N–H and O–H groups in total. The van der Waals surface area contributed by atoms with Crippen molar-refractivity contribution in [2.45, 2.75) is 25.3 Å². The Morgan fingerprint density at radius 2 is 1.59 bits per heavy atom. The first-order valence-electron chi connectivity index (χ1n) is 11.4. The van der Waals surface area contributed by atoms with Crippen molar-refractivity contribution >= 4 is 34.4 Å². The number of aromatic nitrogens is 2. The van der Waals surface area contributed by atoms with Gasteiger partial charge in [-0.1, -0.05) is 54.6 Å². The molecule has 7 heteroatoms. The molecule has 0 saturated heterocycles. The van der Waals surface area contributed by atoms with Crippen molar-refractivity contribution in [2.24, 2.45) is 0 Å². The first-order valence-corrected chi connectivity index (χ1v) is 11.9. The van der Waals surface area contributed by atoms with E-state index in [0.717, 1.165) is 40.8 Å². The fourth-order valence-electron chi connectivity index (χ4n) is 3.85. The van der Waals surface area contributed by atoms with E-state index in [0.29, 0.717) is 18.5 Å². The van der Waals surface area contributed by atoms with Crippen molar-refractivity contribution in [3.8, 4) is 11.1 Å². The Morgan fingerprint density at radius 1 is 0.882 bits per heavy atom. The van der Waals surface area contributed by atoms with Crippen LogP contribution in [0, 0.1) is 0 Å². The molecule has 2 amide bonds. The Labute approximate surface area is 203 Å². The molecule has 0 aliphatic rings. The van der Waals surface area contributed by atoms with Crippen molar-refractivity contribution in [3.05, 3.63) is 90.3 Å². The Morgan fingerprint density at radius 3 is 2.32 bits per heavy atom. The van der Waals surface area contributed by atoms with Crippen molar-refractivity contribution in [1.29, 1.82) is 0 Å². The van der Waals surface area contributed by atoms with E-state index in [4.69, 9.17) is 16.6 Å². The minimum Gasteiger partial charge on any atom is -0.355 e. The minimum absolute atomic E-state index is 0.0409. The zero-order chi connectivity index (χ0) is 23.8. The monoisotopic (exact) mass is 474 g/mol. The van der Waals surface area contributed by atoms with Gasteiger partial charge in [-0.3, -0.25) is 9.59 Å². The summed E-state index contributed by atoms with van der Waals surface area (Å²) >= 11 is 5.52. The van der Waals surface area contributed by atoms with E-state index in [1.165, 1.54) is 0 Å². The third-order valence-corrected chi connectivity index (χ3v) is 5.90. The molecule has 174 valence electrons. The molecule has 4 rings (SSSR count). The number of alkyl halides is 1. The van der Waals surface area contributed by atoms with Crippen LogP contribution in [-0.4, -0.2) is 34.2 Å². The van der Waals surface area contributed by atoms with Crippen LogP contribution >= 0.6 is 11.6 Å². The Balaban J connectivity index is 1.45. The molecule has 4 aromatic rings. The molecule has 1 heterocycles. The van der Waals surface area contributed by atoms with E-state index in [1.807, 2.05) is 78.9 Å². The Kier molecular flexibility index (Phi) is 7.94. The molecule has 0 aliphatic heterocycles. The number of carbonyl (C=O) groups excluding carboxylic acids is 2. The number of hydrogen-bond acceptors (Lipinski definition) is 3. The number of para-hydroxylation sites is 2. The lowest BCUT2D eigenvalue weighted by molar-refractivity contribution is -0.118. The highest BCUT2D eigenvalue weighted by atomic mass is 35.5. The molecule has 0 spiro atoms. The van der Waals surface area contributed by atoms with Crippen molar-refractivity contribution in [2.75, 3.05) is 12.4 Å². The summed E-state index contributed by atoms with van der Waals surface area (Å²) in [5, 5.41) is 5.91. The smallest absolute Gasteiger partial charge is 0.251 e. The van der Waals surface area contributed by atoms with E-state index < -0.39 is 0 Å². The maximum absolute atomic E-state index is 13.1. The van der Waals surface area contributed by atoms with Crippen molar-refractivity contribution < 1.29 is 9.59 Å². The summed E-state index contributed by atoms with van der Waals surface area (Å²) in [7, 11) is 0. The van der Waals surface area contributed by atoms with E-state index in [-0.39, 0.29) is 23.7 Å². The highest BCUT2D eigenvalue weighted by Crippen LogP contribution is 2.23. The summed E-state index contributed by atoms with van der Waals surface area (Å²) in [5.41, 5.74) is 4.55. The molecule has 1 atom stereocenters. The van der Waals surface area contributed by atoms with Gasteiger partial charge in [-0.2, -0.15) is 0 Å². The number of imidazole rings is 1. The molecule has 1 aromatic heterocycles. The van der Waals surface area contributed by atoms with Crippen LogP contribution in [0.15, 0.2) is 78.9 Å². The van der Waals surface area contributed by atoms with Gasteiger partial charge in [0.25, 0.3) is 5.91 Å². The summed E-state index contributed by atoms with van der Waals surface area (Å²) in [5.74, 6) is 0.351. The number of nitrogens with zero attached hydrogens (tertiary/aromatic N) is 1. The average Bonchev–Trinajstić information content (AvgIpc) is 3.32. The third kappa shape index (κ3) is 6.02. The second-order valence-electron chi connectivity index (χ2n) is 8.09. The maximum atomic E-state index is 13.1. The molecule has 0 radical (unpaired) electrons. The van der Waals surface area contributed by atoms with Crippen LogP contribution < -0.4 is 10.6 Å². The molecule has 0 bridgehead atoms. The fraction of sp³-hybridized carbons (Fsp3) is 0.222. The number of fused-ring (bicyclic) bond motifs is 1. The Bertz CT molecular complexity index is 1210. The number of rotatable bonds is 10. The minimum atomic E-state index is -0.280. The van der Waals surface area contributed by atoms with E-state index in [1.54, 1.807) is 0 Å². The van der Waals surface area contributed by atoms with Gasteiger partial charge in [-0.25, -0.2) is 4.98 Å². The molecule has 34 heavy (non-hydrogen) atoms. The number of H-pyrrole nitrogens is 1. The van der Waals surface area contributed by atoms with E-state index in [2.05, 4.69) is 15.6 Å². The van der Waals surface area contributed by atoms with Crippen LogP contribution in [0.4, 0.5) is 0 Å². The van der Waals surface area contributed by atoms with Gasteiger partial charge < -0.3 is 15.6 Å². The highest BCUT2D eigenvalue weighted by molar-refractivity contribution is 6.27. The number of halogens is 1. The lowest BCUT2D eigenvalue weighted by Crippen LogP contribution is -2.30. The van der Waals surface area contributed by atoms with Gasteiger partial charge >= 0.3 is 0 Å². The molecule has 0 aliphatic carbocycles. The fourth-order valence-corrected chi connectivity index (χ4v) is 3.94. The maximum Gasteiger partial charge on any atom is 0.251 e. The van der Waals surface area contributed by atoms with Crippen LogP contribution in [-0.2, 0) is 4.79 Å². The average molecular weight is 475 g/mol. The number of unbranched alkanes of at least 4 members (excludes halogenated alkanes) is 1. The lowest BCUT2D eigenvalue weighted by atomic mass is 10.0.